The van der Waals surface area contributed by atoms with Crippen molar-refractivity contribution < 1.29 is 23.8 Å². The molecule has 0 fully saturated rings. The minimum atomic E-state index is -0.619. The normalized spacial score (nSPS) is 13.3. The average molecular weight is 394 g/mol. The zero-order valence-corrected chi connectivity index (χ0v) is 16.3. The minimum absolute atomic E-state index is 0.360. The number of rotatable bonds is 7. The van der Waals surface area contributed by atoms with Crippen LogP contribution in [0.1, 0.15) is 17.5 Å². The van der Waals surface area contributed by atoms with E-state index in [0.717, 1.165) is 11.3 Å². The van der Waals surface area contributed by atoms with Gasteiger partial charge in [0.25, 0.3) is 5.91 Å². The number of nitrogens with zero attached hydrogens (tertiary/aromatic N) is 2. The van der Waals surface area contributed by atoms with E-state index in [4.69, 9.17) is 14.2 Å². The summed E-state index contributed by atoms with van der Waals surface area (Å²) in [5, 5.41) is 5.67. The van der Waals surface area contributed by atoms with Gasteiger partial charge in [-0.25, -0.2) is 9.80 Å². The van der Waals surface area contributed by atoms with Gasteiger partial charge in [0.1, 0.15) is 11.5 Å². The number of carbonyl (C=O) groups is 2. The highest BCUT2D eigenvalue weighted by molar-refractivity contribution is 6.02. The van der Waals surface area contributed by atoms with Gasteiger partial charge in [-0.15, -0.1) is 0 Å². The smallest absolute Gasteiger partial charge is 0.331 e. The van der Waals surface area contributed by atoms with Crippen molar-refractivity contribution in [1.29, 1.82) is 0 Å². The van der Waals surface area contributed by atoms with Gasteiger partial charge >= 0.3 is 5.97 Å². The predicted octanol–water partition coefficient (Wildman–Crippen LogP) is 2.90. The van der Waals surface area contributed by atoms with Gasteiger partial charge in [-0.3, -0.25) is 4.79 Å². The molecule has 0 N–H and O–H groups in total. The fourth-order valence-electron chi connectivity index (χ4n) is 2.82. The first-order valence-corrected chi connectivity index (χ1v) is 9.10. The average Bonchev–Trinajstić information content (AvgIpc) is 3.26. The summed E-state index contributed by atoms with van der Waals surface area (Å²) >= 11 is 0. The molecular weight excluding hydrogens is 372 g/mol. The first-order chi connectivity index (χ1) is 14.1. The molecule has 1 amide bonds. The lowest BCUT2D eigenvalue weighted by Crippen LogP contribution is -2.28. The molecule has 0 atom stereocenters. The molecule has 7 heteroatoms. The van der Waals surface area contributed by atoms with Gasteiger partial charge in [-0.1, -0.05) is 30.3 Å². The molecule has 0 spiro atoms. The van der Waals surface area contributed by atoms with Crippen LogP contribution in [0.3, 0.4) is 0 Å². The third-order valence-corrected chi connectivity index (χ3v) is 4.32. The zero-order chi connectivity index (χ0) is 20.6. The molecule has 150 valence electrons. The summed E-state index contributed by atoms with van der Waals surface area (Å²) in [7, 11) is 3.10. The van der Waals surface area contributed by atoms with E-state index in [1.165, 1.54) is 11.1 Å². The van der Waals surface area contributed by atoms with Crippen molar-refractivity contribution in [1.82, 2.24) is 5.01 Å². The van der Waals surface area contributed by atoms with Crippen LogP contribution in [0.25, 0.3) is 6.08 Å². The molecule has 0 bridgehead atoms. The molecule has 1 heterocycles. The van der Waals surface area contributed by atoms with Gasteiger partial charge in [0.15, 0.2) is 6.61 Å². The van der Waals surface area contributed by atoms with E-state index in [2.05, 4.69) is 5.10 Å². The lowest BCUT2D eigenvalue weighted by molar-refractivity contribution is -0.147. The molecule has 3 rings (SSSR count). The Hall–Kier alpha value is -3.61. The maximum absolute atomic E-state index is 12.3. The predicted molar refractivity (Wildman–Crippen MR) is 109 cm³/mol. The maximum atomic E-state index is 12.3. The Morgan fingerprint density at radius 2 is 1.76 bits per heavy atom. The number of esters is 1. The number of hydrogen-bond donors (Lipinski definition) is 0. The summed E-state index contributed by atoms with van der Waals surface area (Å²) in [5.41, 5.74) is 2.54. The van der Waals surface area contributed by atoms with Crippen LogP contribution in [0, 0.1) is 0 Å². The Morgan fingerprint density at radius 1 is 1.07 bits per heavy atom. The molecule has 1 aliphatic rings. The standard InChI is InChI=1S/C22H22N2O5/c1-27-18-12-16(13-19(14-18)28-2)8-9-22(26)29-15-21(25)24-11-10-20(23-24)17-6-4-3-5-7-17/h3-9,12-14H,10-11,15H2,1-2H3/b9-8+. The van der Waals surface area contributed by atoms with E-state index >= 15 is 0 Å². The van der Waals surface area contributed by atoms with Crippen LogP contribution in [0.2, 0.25) is 0 Å². The molecular formula is C22H22N2O5. The Kier molecular flexibility index (Phi) is 6.63. The molecule has 7 nitrogen and oxygen atoms in total. The van der Waals surface area contributed by atoms with E-state index < -0.39 is 5.97 Å². The van der Waals surface area contributed by atoms with Gasteiger partial charge in [0.05, 0.1) is 26.5 Å². The Bertz CT molecular complexity index is 915. The number of methoxy groups -OCH3 is 2. The van der Waals surface area contributed by atoms with Crippen LogP contribution >= 0.6 is 0 Å². The van der Waals surface area contributed by atoms with Crippen LogP contribution in [0.5, 0.6) is 11.5 Å². The number of carbonyl (C=O) groups excluding carboxylic acids is 2. The third-order valence-electron chi connectivity index (χ3n) is 4.32. The van der Waals surface area contributed by atoms with E-state index in [9.17, 15) is 9.59 Å². The molecule has 0 unspecified atom stereocenters. The zero-order valence-electron chi connectivity index (χ0n) is 16.3. The monoisotopic (exact) mass is 394 g/mol. The molecule has 1 aliphatic heterocycles. The Labute approximate surface area is 169 Å². The first kappa shape index (κ1) is 20.1. The van der Waals surface area contributed by atoms with E-state index in [0.29, 0.717) is 30.0 Å². The second kappa shape index (κ2) is 9.54. The largest absolute Gasteiger partial charge is 0.497 e. The summed E-state index contributed by atoms with van der Waals surface area (Å²) in [6.07, 6.45) is 3.49. The third kappa shape index (κ3) is 5.44. The molecule has 29 heavy (non-hydrogen) atoms. The van der Waals surface area contributed by atoms with Gasteiger partial charge in [0, 0.05) is 18.6 Å². The second-order valence-corrected chi connectivity index (χ2v) is 6.27. The summed E-state index contributed by atoms with van der Waals surface area (Å²) in [4.78, 5) is 24.2. The van der Waals surface area contributed by atoms with Crippen molar-refractivity contribution in [3.63, 3.8) is 0 Å². The topological polar surface area (TPSA) is 77.4 Å². The lowest BCUT2D eigenvalue weighted by Gasteiger charge is -2.10. The van der Waals surface area contributed by atoms with Crippen molar-refractivity contribution in [3.05, 3.63) is 65.7 Å². The molecule has 0 aliphatic carbocycles. The quantitative estimate of drug-likeness (QED) is 0.533. The molecule has 0 saturated carbocycles. The minimum Gasteiger partial charge on any atom is -0.497 e. The molecule has 2 aromatic carbocycles. The summed E-state index contributed by atoms with van der Waals surface area (Å²) in [6.45, 7) is 0.107. The van der Waals surface area contributed by atoms with Crippen LogP contribution in [0.4, 0.5) is 0 Å². The molecule has 2 aromatic rings. The van der Waals surface area contributed by atoms with E-state index in [-0.39, 0.29) is 12.5 Å². The molecule has 0 radical (unpaired) electrons. The van der Waals surface area contributed by atoms with Crippen LogP contribution < -0.4 is 9.47 Å². The molecule has 0 aromatic heterocycles. The second-order valence-electron chi connectivity index (χ2n) is 6.27. The van der Waals surface area contributed by atoms with Crippen molar-refractivity contribution in [2.24, 2.45) is 5.10 Å². The van der Waals surface area contributed by atoms with Crippen molar-refractivity contribution in [3.8, 4) is 11.5 Å². The van der Waals surface area contributed by atoms with Gasteiger partial charge < -0.3 is 14.2 Å². The Balaban J connectivity index is 1.54. The van der Waals surface area contributed by atoms with Gasteiger partial charge in [0.2, 0.25) is 0 Å². The van der Waals surface area contributed by atoms with Crippen LogP contribution in [-0.4, -0.2) is 50.0 Å². The fraction of sp³-hybridized carbons (Fsp3) is 0.227. The summed E-state index contributed by atoms with van der Waals surface area (Å²) in [5.74, 6) is 0.231. The fourth-order valence-corrected chi connectivity index (χ4v) is 2.82. The number of hydrazone groups is 1. The number of hydrogen-bond acceptors (Lipinski definition) is 6. The SMILES string of the molecule is COc1cc(/C=C/C(=O)OCC(=O)N2CCC(c3ccccc3)=N2)cc(OC)c1. The lowest BCUT2D eigenvalue weighted by atomic mass is 10.1. The summed E-state index contributed by atoms with van der Waals surface area (Å²) in [6, 6.07) is 14.9. The van der Waals surface area contributed by atoms with Crippen LogP contribution in [0.15, 0.2) is 59.7 Å². The highest BCUT2D eigenvalue weighted by atomic mass is 16.5. The molecule has 0 saturated heterocycles. The first-order valence-electron chi connectivity index (χ1n) is 9.10. The number of ether oxygens (including phenoxy) is 3. The van der Waals surface area contributed by atoms with Crippen molar-refractivity contribution in [2.75, 3.05) is 27.4 Å². The van der Waals surface area contributed by atoms with Crippen molar-refractivity contribution >= 4 is 23.7 Å². The highest BCUT2D eigenvalue weighted by Crippen LogP contribution is 2.23. The van der Waals surface area contributed by atoms with E-state index in [1.54, 1.807) is 38.5 Å². The summed E-state index contributed by atoms with van der Waals surface area (Å²) < 4.78 is 15.4. The highest BCUT2D eigenvalue weighted by Gasteiger charge is 2.22. The number of amides is 1. The van der Waals surface area contributed by atoms with Crippen molar-refractivity contribution in [2.45, 2.75) is 6.42 Å². The van der Waals surface area contributed by atoms with Crippen LogP contribution in [-0.2, 0) is 14.3 Å². The van der Waals surface area contributed by atoms with E-state index in [1.807, 2.05) is 30.3 Å². The number of benzene rings is 2. The Morgan fingerprint density at radius 3 is 2.41 bits per heavy atom. The maximum Gasteiger partial charge on any atom is 0.331 e. The van der Waals surface area contributed by atoms with Gasteiger partial charge in [-0.05, 0) is 29.3 Å². The van der Waals surface area contributed by atoms with Gasteiger partial charge in [-0.2, -0.15) is 5.10 Å².